The summed E-state index contributed by atoms with van der Waals surface area (Å²) in [6.07, 6.45) is -4.24. The second-order valence-corrected chi connectivity index (χ2v) is 7.37. The Morgan fingerprint density at radius 3 is 2.65 bits per heavy atom. The molecule has 34 heavy (non-hydrogen) atoms. The number of fused-ring (bicyclic) bond motifs is 1. The number of carbonyl (C=O) groups is 2. The summed E-state index contributed by atoms with van der Waals surface area (Å²) in [7, 11) is 2.92. The third kappa shape index (κ3) is 4.29. The summed E-state index contributed by atoms with van der Waals surface area (Å²) in [6.45, 7) is 0.315. The highest BCUT2D eigenvalue weighted by molar-refractivity contribution is 6.00. The van der Waals surface area contributed by atoms with Gasteiger partial charge in [-0.3, -0.25) is 9.59 Å². The molecule has 9 nitrogen and oxygen atoms in total. The molecule has 3 N–H and O–H groups in total. The van der Waals surface area contributed by atoms with Crippen LogP contribution in [0.2, 0.25) is 0 Å². The fraction of sp³-hybridized carbons (Fsp3) is 0.182. The number of amides is 2. The van der Waals surface area contributed by atoms with Crippen LogP contribution in [0.15, 0.2) is 42.6 Å². The molecule has 0 atom stereocenters. The number of hydrogen-bond donors (Lipinski definition) is 2. The van der Waals surface area contributed by atoms with Gasteiger partial charge in [-0.1, -0.05) is 12.1 Å². The molecule has 0 aliphatic carbocycles. The molecule has 0 fully saturated rings. The van der Waals surface area contributed by atoms with Gasteiger partial charge in [0.05, 0.1) is 18.4 Å². The Balaban J connectivity index is 1.73. The first kappa shape index (κ1) is 22.8. The number of halogens is 3. The number of aromatic nitrogens is 2. The van der Waals surface area contributed by atoms with Gasteiger partial charge in [0.15, 0.2) is 0 Å². The van der Waals surface area contributed by atoms with E-state index in [0.717, 1.165) is 0 Å². The van der Waals surface area contributed by atoms with E-state index in [1.807, 2.05) is 0 Å². The number of ether oxygens (including phenoxy) is 2. The predicted molar refractivity (Wildman–Crippen MR) is 114 cm³/mol. The Labute approximate surface area is 191 Å². The van der Waals surface area contributed by atoms with Gasteiger partial charge in [0, 0.05) is 25.4 Å². The second kappa shape index (κ2) is 8.54. The zero-order valence-corrected chi connectivity index (χ0v) is 17.9. The van der Waals surface area contributed by atoms with Crippen molar-refractivity contribution in [2.24, 2.45) is 5.73 Å². The molecule has 1 aromatic heterocycles. The summed E-state index contributed by atoms with van der Waals surface area (Å²) >= 11 is 0. The molecule has 2 aromatic carbocycles. The van der Waals surface area contributed by atoms with Crippen LogP contribution < -0.4 is 20.5 Å². The van der Waals surface area contributed by atoms with Crippen molar-refractivity contribution in [2.45, 2.75) is 12.7 Å². The third-order valence-electron chi connectivity index (χ3n) is 5.08. The number of benzene rings is 2. The van der Waals surface area contributed by atoms with Gasteiger partial charge in [-0.2, -0.15) is 18.2 Å². The van der Waals surface area contributed by atoms with Gasteiger partial charge < -0.3 is 25.4 Å². The Morgan fingerprint density at radius 1 is 1.21 bits per heavy atom. The number of carbonyl (C=O) groups excluding carboxylic acids is 2. The molecule has 12 heteroatoms. The first-order chi connectivity index (χ1) is 16.1. The van der Waals surface area contributed by atoms with Crippen LogP contribution in [-0.4, -0.2) is 40.8 Å². The number of anilines is 2. The van der Waals surface area contributed by atoms with E-state index < -0.39 is 23.5 Å². The van der Waals surface area contributed by atoms with Crippen molar-refractivity contribution >= 4 is 23.5 Å². The van der Waals surface area contributed by atoms with Crippen LogP contribution in [0.5, 0.6) is 17.4 Å². The van der Waals surface area contributed by atoms with E-state index in [1.165, 1.54) is 36.3 Å². The number of hydrogen-bond acceptors (Lipinski definition) is 7. The van der Waals surface area contributed by atoms with Crippen molar-refractivity contribution in [3.05, 3.63) is 64.8 Å². The zero-order valence-electron chi connectivity index (χ0n) is 17.9. The molecule has 4 rings (SSSR count). The monoisotopic (exact) mass is 473 g/mol. The van der Waals surface area contributed by atoms with Gasteiger partial charge >= 0.3 is 6.18 Å². The largest absolute Gasteiger partial charge is 0.495 e. The number of primary amides is 1. The minimum Gasteiger partial charge on any atom is -0.495 e. The molecule has 0 bridgehead atoms. The molecule has 0 saturated carbocycles. The molecule has 0 spiro atoms. The highest BCUT2D eigenvalue weighted by Gasteiger charge is 2.37. The Morgan fingerprint density at radius 2 is 1.97 bits per heavy atom. The van der Waals surface area contributed by atoms with E-state index in [2.05, 4.69) is 15.3 Å². The number of rotatable bonds is 6. The summed E-state index contributed by atoms with van der Waals surface area (Å²) in [5.41, 5.74) is 5.29. The predicted octanol–water partition coefficient (Wildman–Crippen LogP) is 3.72. The average Bonchev–Trinajstić information content (AvgIpc) is 3.07. The maximum Gasteiger partial charge on any atom is 0.423 e. The van der Waals surface area contributed by atoms with Crippen molar-refractivity contribution in [3.8, 4) is 17.4 Å². The van der Waals surface area contributed by atoms with E-state index in [4.69, 9.17) is 15.2 Å². The molecule has 176 valence electrons. The lowest BCUT2D eigenvalue weighted by Gasteiger charge is -2.16. The number of methoxy groups -OCH3 is 1. The summed E-state index contributed by atoms with van der Waals surface area (Å²) in [6, 6.07) is 8.89. The van der Waals surface area contributed by atoms with Crippen LogP contribution in [0.4, 0.5) is 24.8 Å². The number of nitrogens with one attached hydrogen (secondary N) is 1. The molecule has 0 radical (unpaired) electrons. The number of nitrogens with zero attached hydrogens (tertiary/aromatic N) is 3. The smallest absolute Gasteiger partial charge is 0.423 e. The highest BCUT2D eigenvalue weighted by atomic mass is 19.4. The van der Waals surface area contributed by atoms with Crippen molar-refractivity contribution in [3.63, 3.8) is 0 Å². The Bertz CT molecular complexity index is 1300. The first-order valence-electron chi connectivity index (χ1n) is 9.82. The fourth-order valence-electron chi connectivity index (χ4n) is 3.43. The SMILES string of the molecule is COc1cc(C(N)=O)ccc1Nc1ncc(C(F)(F)F)c(Oc2cccc3c2C(=O)N(C)C3)n1. The minimum atomic E-state index is -4.81. The molecule has 2 heterocycles. The van der Waals surface area contributed by atoms with E-state index in [-0.39, 0.29) is 40.2 Å². The van der Waals surface area contributed by atoms with Crippen LogP contribution in [0, 0.1) is 0 Å². The third-order valence-corrected chi connectivity index (χ3v) is 5.08. The Hall–Kier alpha value is -4.35. The van der Waals surface area contributed by atoms with Crippen molar-refractivity contribution in [2.75, 3.05) is 19.5 Å². The van der Waals surface area contributed by atoms with Crippen LogP contribution in [0.25, 0.3) is 0 Å². The van der Waals surface area contributed by atoms with E-state index >= 15 is 0 Å². The van der Waals surface area contributed by atoms with E-state index in [9.17, 15) is 22.8 Å². The first-order valence-corrected chi connectivity index (χ1v) is 9.82. The van der Waals surface area contributed by atoms with E-state index in [0.29, 0.717) is 18.3 Å². The molecule has 3 aromatic rings. The normalized spacial score (nSPS) is 13.0. The molecular formula is C22H18F3N5O4. The maximum atomic E-state index is 13.6. The zero-order chi connectivity index (χ0) is 24.6. The van der Waals surface area contributed by atoms with Crippen molar-refractivity contribution in [1.82, 2.24) is 14.9 Å². The van der Waals surface area contributed by atoms with Gasteiger partial charge in [-0.15, -0.1) is 0 Å². The van der Waals surface area contributed by atoms with Gasteiger partial charge in [0.25, 0.3) is 5.91 Å². The topological polar surface area (TPSA) is 120 Å². The summed E-state index contributed by atoms with van der Waals surface area (Å²) in [4.78, 5) is 32.9. The van der Waals surface area contributed by atoms with Gasteiger partial charge in [0.2, 0.25) is 17.7 Å². The summed E-state index contributed by atoms with van der Waals surface area (Å²) in [5.74, 6) is -1.92. The number of nitrogens with two attached hydrogens (primary N) is 1. The lowest BCUT2D eigenvalue weighted by molar-refractivity contribution is -0.139. The minimum absolute atomic E-state index is 0.0506. The van der Waals surface area contributed by atoms with Gasteiger partial charge in [-0.25, -0.2) is 4.98 Å². The van der Waals surface area contributed by atoms with Crippen LogP contribution in [0.1, 0.15) is 31.8 Å². The standard InChI is InChI=1S/C22H18F3N5O4/c1-30-10-12-4-3-5-15(17(12)20(30)32)34-19-13(22(23,24)25)9-27-21(29-19)28-14-7-6-11(18(26)31)8-16(14)33-2/h3-9H,10H2,1-2H3,(H2,26,31)(H,27,28,29). The number of alkyl halides is 3. The molecule has 0 unspecified atom stereocenters. The molecular weight excluding hydrogens is 455 g/mol. The highest BCUT2D eigenvalue weighted by Crippen LogP contribution is 2.40. The second-order valence-electron chi connectivity index (χ2n) is 7.37. The van der Waals surface area contributed by atoms with Gasteiger partial charge in [0.1, 0.15) is 17.1 Å². The van der Waals surface area contributed by atoms with Crippen LogP contribution >= 0.6 is 0 Å². The summed E-state index contributed by atoms with van der Waals surface area (Å²) in [5, 5.41) is 2.74. The maximum absolute atomic E-state index is 13.6. The fourth-order valence-corrected chi connectivity index (χ4v) is 3.43. The van der Waals surface area contributed by atoms with Crippen molar-refractivity contribution < 1.29 is 32.2 Å². The quantitative estimate of drug-likeness (QED) is 0.560. The molecule has 2 amide bonds. The lowest BCUT2D eigenvalue weighted by atomic mass is 10.1. The van der Waals surface area contributed by atoms with Crippen LogP contribution in [-0.2, 0) is 12.7 Å². The Kier molecular flexibility index (Phi) is 5.73. The van der Waals surface area contributed by atoms with Crippen molar-refractivity contribution in [1.29, 1.82) is 0 Å². The van der Waals surface area contributed by atoms with Gasteiger partial charge in [-0.05, 0) is 29.8 Å². The summed E-state index contributed by atoms with van der Waals surface area (Å²) < 4.78 is 51.7. The average molecular weight is 473 g/mol. The molecule has 1 aliphatic heterocycles. The van der Waals surface area contributed by atoms with Crippen LogP contribution in [0.3, 0.4) is 0 Å². The van der Waals surface area contributed by atoms with E-state index in [1.54, 1.807) is 19.2 Å². The molecule has 0 saturated heterocycles. The lowest BCUT2D eigenvalue weighted by Crippen LogP contribution is -2.18. The molecule has 1 aliphatic rings.